The number of aromatic nitrogens is 1. The molecule has 0 saturated carbocycles. The van der Waals surface area contributed by atoms with Crippen LogP contribution >= 0.6 is 0 Å². The number of Topliss-reactive ketones (excluding diaryl/α,β-unsaturated/α-hetero) is 1. The first-order chi connectivity index (χ1) is 14.8. The molecule has 158 valence electrons. The first-order valence-electron chi connectivity index (χ1n) is 10.5. The lowest BCUT2D eigenvalue weighted by Gasteiger charge is -2.29. The van der Waals surface area contributed by atoms with Gasteiger partial charge in [0.05, 0.1) is 0 Å². The Morgan fingerprint density at radius 1 is 0.968 bits per heavy atom. The number of ketones is 1. The first-order valence-corrected chi connectivity index (χ1v) is 10.5. The minimum Gasteiger partial charge on any atom is -0.351 e. The normalized spacial score (nSPS) is 14.9. The molecule has 0 radical (unpaired) electrons. The fourth-order valence-electron chi connectivity index (χ4n) is 4.29. The Kier molecular flexibility index (Phi) is 5.59. The lowest BCUT2D eigenvalue weighted by Crippen LogP contribution is -2.36. The van der Waals surface area contributed by atoms with E-state index in [1.54, 1.807) is 0 Å². The molecule has 31 heavy (non-hydrogen) atoms. The highest BCUT2D eigenvalue weighted by molar-refractivity contribution is 6.02. The monoisotopic (exact) mass is 414 g/mol. The first kappa shape index (κ1) is 20.8. The lowest BCUT2D eigenvalue weighted by atomic mass is 9.75. The molecule has 1 aliphatic rings. The molecule has 0 bridgehead atoms. The molecule has 0 fully saturated rings. The number of carbonyl (C=O) groups is 2. The van der Waals surface area contributed by atoms with Crippen LogP contribution in [0.4, 0.5) is 0 Å². The van der Waals surface area contributed by atoms with Crippen LogP contribution in [0, 0.1) is 5.41 Å². The average Bonchev–Trinajstić information content (AvgIpc) is 2.74. The number of aromatic amines is 1. The van der Waals surface area contributed by atoms with E-state index in [9.17, 15) is 14.4 Å². The minimum absolute atomic E-state index is 0.0216. The standard InChI is InChI=1S/C26H26N2O3/c1-26(2)14-22-19(23(29)15-26)13-20(25(31)28-22)24(30)27-16-21(17-9-5-3-6-10-17)18-11-7-4-8-12-18/h3-13,21H,14-16H2,1-2H3,(H,27,30)(H,28,31). The van der Waals surface area contributed by atoms with Crippen LogP contribution in [0.15, 0.2) is 71.5 Å². The van der Waals surface area contributed by atoms with E-state index in [1.165, 1.54) is 6.07 Å². The maximum atomic E-state index is 12.9. The van der Waals surface area contributed by atoms with E-state index in [0.717, 1.165) is 11.1 Å². The Morgan fingerprint density at radius 2 is 1.55 bits per heavy atom. The van der Waals surface area contributed by atoms with Crippen LogP contribution in [0.2, 0.25) is 0 Å². The summed E-state index contributed by atoms with van der Waals surface area (Å²) in [6, 6.07) is 21.3. The Morgan fingerprint density at radius 3 is 2.13 bits per heavy atom. The second-order valence-electron chi connectivity index (χ2n) is 8.93. The van der Waals surface area contributed by atoms with Crippen molar-refractivity contribution in [3.05, 3.63) is 105 Å². The molecule has 0 aliphatic heterocycles. The van der Waals surface area contributed by atoms with Gasteiger partial charge >= 0.3 is 0 Å². The van der Waals surface area contributed by atoms with E-state index < -0.39 is 11.5 Å². The van der Waals surface area contributed by atoms with E-state index in [-0.39, 0.29) is 22.7 Å². The van der Waals surface area contributed by atoms with Gasteiger partial charge in [-0.15, -0.1) is 0 Å². The Bertz CT molecular complexity index is 1120. The van der Waals surface area contributed by atoms with E-state index in [1.807, 2.05) is 74.5 Å². The molecule has 1 aliphatic carbocycles. The topological polar surface area (TPSA) is 79.0 Å². The predicted molar refractivity (Wildman–Crippen MR) is 121 cm³/mol. The molecule has 0 atom stereocenters. The van der Waals surface area contributed by atoms with Gasteiger partial charge in [-0.2, -0.15) is 0 Å². The highest BCUT2D eigenvalue weighted by Gasteiger charge is 2.32. The highest BCUT2D eigenvalue weighted by atomic mass is 16.2. The smallest absolute Gasteiger partial charge is 0.261 e. The summed E-state index contributed by atoms with van der Waals surface area (Å²) in [4.78, 5) is 40.9. The van der Waals surface area contributed by atoms with Gasteiger partial charge in [0.2, 0.25) is 0 Å². The maximum Gasteiger partial charge on any atom is 0.261 e. The number of amides is 1. The zero-order valence-corrected chi connectivity index (χ0v) is 17.8. The summed E-state index contributed by atoms with van der Waals surface area (Å²) in [5, 5.41) is 2.90. The second kappa shape index (κ2) is 8.34. The molecule has 1 heterocycles. The Balaban J connectivity index is 1.59. The molecule has 1 amide bonds. The van der Waals surface area contributed by atoms with Crippen LogP contribution in [0.25, 0.3) is 0 Å². The van der Waals surface area contributed by atoms with Crippen LogP contribution in [0.5, 0.6) is 0 Å². The van der Waals surface area contributed by atoms with Crippen molar-refractivity contribution in [1.29, 1.82) is 0 Å². The zero-order valence-electron chi connectivity index (χ0n) is 17.8. The van der Waals surface area contributed by atoms with Gasteiger partial charge in [0.15, 0.2) is 5.78 Å². The fourth-order valence-corrected chi connectivity index (χ4v) is 4.29. The van der Waals surface area contributed by atoms with Gasteiger partial charge in [-0.3, -0.25) is 14.4 Å². The number of benzene rings is 2. The molecule has 1 aromatic heterocycles. The van der Waals surface area contributed by atoms with Crippen molar-refractivity contribution < 1.29 is 9.59 Å². The predicted octanol–water partition coefficient (Wildman–Crippen LogP) is 4.09. The largest absolute Gasteiger partial charge is 0.351 e. The number of hydrogen-bond acceptors (Lipinski definition) is 3. The van der Waals surface area contributed by atoms with Gasteiger partial charge < -0.3 is 10.3 Å². The van der Waals surface area contributed by atoms with Gasteiger partial charge in [0.1, 0.15) is 5.56 Å². The molecule has 0 saturated heterocycles. The number of H-pyrrole nitrogens is 1. The molecular weight excluding hydrogens is 388 g/mol. The van der Waals surface area contributed by atoms with E-state index >= 15 is 0 Å². The summed E-state index contributed by atoms with van der Waals surface area (Å²) < 4.78 is 0. The van der Waals surface area contributed by atoms with E-state index in [4.69, 9.17) is 0 Å². The zero-order chi connectivity index (χ0) is 22.0. The number of pyridine rings is 1. The molecule has 0 spiro atoms. The van der Waals surface area contributed by atoms with E-state index in [2.05, 4.69) is 10.3 Å². The summed E-state index contributed by atoms with van der Waals surface area (Å²) in [5.74, 6) is -0.563. The van der Waals surface area contributed by atoms with E-state index in [0.29, 0.717) is 30.6 Å². The molecule has 3 aromatic rings. The van der Waals surface area contributed by atoms with Gasteiger partial charge in [0, 0.05) is 30.1 Å². The molecule has 5 nitrogen and oxygen atoms in total. The number of hydrogen-bond donors (Lipinski definition) is 2. The number of nitrogens with one attached hydrogen (secondary N) is 2. The lowest BCUT2D eigenvalue weighted by molar-refractivity contribution is 0.0910. The van der Waals surface area contributed by atoms with Crippen molar-refractivity contribution >= 4 is 11.7 Å². The van der Waals surface area contributed by atoms with Gasteiger partial charge in [-0.25, -0.2) is 0 Å². The van der Waals surface area contributed by atoms with Gasteiger partial charge in [-0.05, 0) is 29.0 Å². The Labute approximate surface area is 181 Å². The number of fused-ring (bicyclic) bond motifs is 1. The highest BCUT2D eigenvalue weighted by Crippen LogP contribution is 2.33. The summed E-state index contributed by atoms with van der Waals surface area (Å²) in [7, 11) is 0. The van der Waals surface area contributed by atoms with Gasteiger partial charge in [0.25, 0.3) is 11.5 Å². The third-order valence-corrected chi connectivity index (χ3v) is 5.83. The maximum absolute atomic E-state index is 12.9. The van der Waals surface area contributed by atoms with Crippen molar-refractivity contribution in [1.82, 2.24) is 10.3 Å². The third-order valence-electron chi connectivity index (χ3n) is 5.83. The van der Waals surface area contributed by atoms with Crippen LogP contribution in [0.1, 0.15) is 63.7 Å². The molecule has 5 heteroatoms. The van der Waals surface area contributed by atoms with Crippen LogP contribution in [-0.2, 0) is 6.42 Å². The number of rotatable bonds is 5. The summed E-state index contributed by atoms with van der Waals surface area (Å²) in [5.41, 5.74) is 2.54. The summed E-state index contributed by atoms with van der Waals surface area (Å²) >= 11 is 0. The SMILES string of the molecule is CC1(C)CC(=O)c2cc(C(=O)NCC(c3ccccc3)c3ccccc3)c(=O)[nH]c2C1. The molecule has 0 unspecified atom stereocenters. The summed E-state index contributed by atoms with van der Waals surface area (Å²) in [6.07, 6.45) is 1.01. The fraction of sp³-hybridized carbons (Fsp3) is 0.269. The quantitative estimate of drug-likeness (QED) is 0.660. The van der Waals surface area contributed by atoms with Crippen LogP contribution in [-0.4, -0.2) is 23.2 Å². The van der Waals surface area contributed by atoms with Gasteiger partial charge in [-0.1, -0.05) is 74.5 Å². The van der Waals surface area contributed by atoms with Crippen molar-refractivity contribution in [2.45, 2.75) is 32.6 Å². The average molecular weight is 415 g/mol. The molecule has 2 aromatic carbocycles. The minimum atomic E-state index is -0.474. The number of carbonyl (C=O) groups excluding carboxylic acids is 2. The molecule has 2 N–H and O–H groups in total. The second-order valence-corrected chi connectivity index (χ2v) is 8.93. The van der Waals surface area contributed by atoms with Crippen LogP contribution < -0.4 is 10.9 Å². The Hall–Kier alpha value is -3.47. The summed E-state index contributed by atoms with van der Waals surface area (Å²) in [6.45, 7) is 4.34. The molecule has 4 rings (SSSR count). The van der Waals surface area contributed by atoms with Crippen molar-refractivity contribution in [2.75, 3.05) is 6.54 Å². The molecular formula is C26H26N2O3. The third kappa shape index (κ3) is 4.50. The van der Waals surface area contributed by atoms with Crippen molar-refractivity contribution in [3.8, 4) is 0 Å². The van der Waals surface area contributed by atoms with Crippen LogP contribution in [0.3, 0.4) is 0 Å². The van der Waals surface area contributed by atoms with Crippen molar-refractivity contribution in [2.24, 2.45) is 5.41 Å². The van der Waals surface area contributed by atoms with Crippen molar-refractivity contribution in [3.63, 3.8) is 0 Å².